The van der Waals surface area contributed by atoms with Gasteiger partial charge in [0.1, 0.15) is 0 Å². The van der Waals surface area contributed by atoms with Crippen LogP contribution in [-0.2, 0) is 0 Å². The summed E-state index contributed by atoms with van der Waals surface area (Å²) in [6, 6.07) is 36.2. The van der Waals surface area contributed by atoms with Crippen LogP contribution >= 0.6 is 0 Å². The van der Waals surface area contributed by atoms with E-state index in [4.69, 9.17) is 0 Å². The molecule has 0 aromatic heterocycles. The molecule has 0 amide bonds. The quantitative estimate of drug-likeness (QED) is 0.363. The van der Waals surface area contributed by atoms with Crippen LogP contribution in [0, 0.1) is 6.92 Å². The molecule has 1 nitrogen and oxygen atoms in total. The summed E-state index contributed by atoms with van der Waals surface area (Å²) < 4.78 is 0. The van der Waals surface area contributed by atoms with Crippen LogP contribution in [0.3, 0.4) is 0 Å². The third-order valence-electron chi connectivity index (χ3n) is 4.55. The van der Waals surface area contributed by atoms with Crippen LogP contribution in [0.2, 0.25) is 0 Å². The summed E-state index contributed by atoms with van der Waals surface area (Å²) in [7, 11) is 0. The van der Waals surface area contributed by atoms with E-state index in [1.165, 1.54) is 27.8 Å². The molecule has 0 aliphatic heterocycles. The molecule has 0 bridgehead atoms. The van der Waals surface area contributed by atoms with E-state index in [1.54, 1.807) is 0 Å². The van der Waals surface area contributed by atoms with E-state index in [0.29, 0.717) is 0 Å². The Bertz CT molecular complexity index is 967. The van der Waals surface area contributed by atoms with Crippen LogP contribution in [0.25, 0.3) is 22.3 Å². The minimum Gasteiger partial charge on any atom is -0.356 e. The third-order valence-corrected chi connectivity index (χ3v) is 4.55. The molecule has 0 radical (unpaired) electrons. The molecular formula is C29H33N. The fourth-order valence-electron chi connectivity index (χ4n) is 3.04. The van der Waals surface area contributed by atoms with Crippen molar-refractivity contribution in [2.75, 3.05) is 5.32 Å². The average molecular weight is 396 g/mol. The lowest BCUT2D eigenvalue weighted by molar-refractivity contribution is 1.47. The largest absolute Gasteiger partial charge is 0.356 e. The van der Waals surface area contributed by atoms with E-state index in [2.05, 4.69) is 109 Å². The predicted molar refractivity (Wildman–Crippen MR) is 134 cm³/mol. The maximum atomic E-state index is 3.47. The maximum absolute atomic E-state index is 3.47. The Balaban J connectivity index is 0.000000757. The van der Waals surface area contributed by atoms with Crippen LogP contribution in [0.1, 0.15) is 33.3 Å². The molecule has 154 valence electrons. The van der Waals surface area contributed by atoms with Gasteiger partial charge in [-0.1, -0.05) is 112 Å². The van der Waals surface area contributed by atoms with Gasteiger partial charge in [0.05, 0.1) is 0 Å². The van der Waals surface area contributed by atoms with Crippen molar-refractivity contribution in [2.24, 2.45) is 0 Å². The third kappa shape index (κ3) is 6.35. The van der Waals surface area contributed by atoms with Gasteiger partial charge in [-0.25, -0.2) is 0 Å². The second-order valence-corrected chi connectivity index (χ2v) is 6.51. The molecule has 0 unspecified atom stereocenters. The highest BCUT2D eigenvalue weighted by Gasteiger charge is 2.00. The van der Waals surface area contributed by atoms with Crippen molar-refractivity contribution in [1.82, 2.24) is 0 Å². The Morgan fingerprint density at radius 2 is 0.733 bits per heavy atom. The SMILES string of the molecule is CC.CC.Cc1ccc(-c2ccc(Nc3ccc(-c4ccccc4)cc3)cc2)cc1. The zero-order valence-corrected chi connectivity index (χ0v) is 18.8. The van der Waals surface area contributed by atoms with Gasteiger partial charge in [-0.15, -0.1) is 0 Å². The smallest absolute Gasteiger partial charge is 0.0384 e. The lowest BCUT2D eigenvalue weighted by Crippen LogP contribution is -1.90. The number of anilines is 2. The zero-order valence-electron chi connectivity index (χ0n) is 18.8. The van der Waals surface area contributed by atoms with Crippen molar-refractivity contribution in [2.45, 2.75) is 34.6 Å². The van der Waals surface area contributed by atoms with Crippen molar-refractivity contribution in [3.05, 3.63) is 109 Å². The number of hydrogen-bond donors (Lipinski definition) is 1. The average Bonchev–Trinajstić information content (AvgIpc) is 2.84. The Morgan fingerprint density at radius 3 is 1.13 bits per heavy atom. The van der Waals surface area contributed by atoms with Crippen molar-refractivity contribution in [3.8, 4) is 22.3 Å². The van der Waals surface area contributed by atoms with E-state index in [0.717, 1.165) is 11.4 Å². The van der Waals surface area contributed by atoms with E-state index in [-0.39, 0.29) is 0 Å². The van der Waals surface area contributed by atoms with E-state index in [9.17, 15) is 0 Å². The van der Waals surface area contributed by atoms with Crippen LogP contribution < -0.4 is 5.32 Å². The van der Waals surface area contributed by atoms with Gasteiger partial charge in [0.15, 0.2) is 0 Å². The van der Waals surface area contributed by atoms with E-state index >= 15 is 0 Å². The highest BCUT2D eigenvalue weighted by Crippen LogP contribution is 2.25. The number of rotatable bonds is 4. The van der Waals surface area contributed by atoms with Crippen LogP contribution in [0.4, 0.5) is 11.4 Å². The molecular weight excluding hydrogens is 362 g/mol. The van der Waals surface area contributed by atoms with Gasteiger partial charge in [-0.2, -0.15) is 0 Å². The van der Waals surface area contributed by atoms with E-state index in [1.807, 2.05) is 33.8 Å². The number of hydrogen-bond acceptors (Lipinski definition) is 1. The summed E-state index contributed by atoms with van der Waals surface area (Å²) in [5, 5.41) is 3.47. The predicted octanol–water partition coefficient (Wildman–Crippen LogP) is 9.13. The second kappa shape index (κ2) is 12.3. The first-order chi connectivity index (χ1) is 14.8. The summed E-state index contributed by atoms with van der Waals surface area (Å²) >= 11 is 0. The molecule has 0 atom stereocenters. The summed E-state index contributed by atoms with van der Waals surface area (Å²) in [5.41, 5.74) is 8.41. The fraction of sp³-hybridized carbons (Fsp3) is 0.172. The molecule has 4 rings (SSSR count). The van der Waals surface area contributed by atoms with Crippen molar-refractivity contribution < 1.29 is 0 Å². The first-order valence-electron chi connectivity index (χ1n) is 10.9. The minimum atomic E-state index is 1.09. The molecule has 1 N–H and O–H groups in total. The van der Waals surface area contributed by atoms with Gasteiger partial charge in [0.2, 0.25) is 0 Å². The summed E-state index contributed by atoms with van der Waals surface area (Å²) in [6.07, 6.45) is 0. The molecule has 0 saturated heterocycles. The molecule has 0 fully saturated rings. The number of aryl methyl sites for hydroxylation is 1. The highest BCUT2D eigenvalue weighted by atomic mass is 14.9. The van der Waals surface area contributed by atoms with Gasteiger partial charge >= 0.3 is 0 Å². The lowest BCUT2D eigenvalue weighted by atomic mass is 10.0. The van der Waals surface area contributed by atoms with E-state index < -0.39 is 0 Å². The number of nitrogens with one attached hydrogen (secondary N) is 1. The van der Waals surface area contributed by atoms with Gasteiger partial charge < -0.3 is 5.32 Å². The second-order valence-electron chi connectivity index (χ2n) is 6.51. The molecule has 0 aliphatic carbocycles. The van der Waals surface area contributed by atoms with Crippen molar-refractivity contribution in [3.63, 3.8) is 0 Å². The molecule has 0 aliphatic rings. The molecule has 1 heteroatoms. The van der Waals surface area contributed by atoms with Crippen molar-refractivity contribution in [1.29, 1.82) is 0 Å². The van der Waals surface area contributed by atoms with Crippen LogP contribution in [0.5, 0.6) is 0 Å². The van der Waals surface area contributed by atoms with Gasteiger partial charge in [0.25, 0.3) is 0 Å². The maximum Gasteiger partial charge on any atom is 0.0384 e. The Labute approximate surface area is 182 Å². The topological polar surface area (TPSA) is 12.0 Å². The van der Waals surface area contributed by atoms with Gasteiger partial charge in [0, 0.05) is 11.4 Å². The van der Waals surface area contributed by atoms with Gasteiger partial charge in [-0.05, 0) is 53.4 Å². The van der Waals surface area contributed by atoms with Crippen molar-refractivity contribution >= 4 is 11.4 Å². The lowest BCUT2D eigenvalue weighted by Gasteiger charge is -2.09. The summed E-state index contributed by atoms with van der Waals surface area (Å²) in [5.74, 6) is 0. The standard InChI is InChI=1S/C25H21N.2C2H6/c1-19-7-9-21(10-8-19)23-13-17-25(18-14-23)26-24-15-11-22(12-16-24)20-5-3-2-4-6-20;2*1-2/h2-18,26H,1H3;2*1-2H3. The molecule has 4 aromatic rings. The summed E-state index contributed by atoms with van der Waals surface area (Å²) in [6.45, 7) is 10.1. The first-order valence-corrected chi connectivity index (χ1v) is 10.9. The minimum absolute atomic E-state index is 1.09. The molecule has 30 heavy (non-hydrogen) atoms. The summed E-state index contributed by atoms with van der Waals surface area (Å²) in [4.78, 5) is 0. The van der Waals surface area contributed by atoms with Crippen LogP contribution in [-0.4, -0.2) is 0 Å². The Hall–Kier alpha value is -3.32. The number of benzene rings is 4. The molecule has 0 saturated carbocycles. The van der Waals surface area contributed by atoms with Crippen LogP contribution in [0.15, 0.2) is 103 Å². The molecule has 0 heterocycles. The first kappa shape index (κ1) is 23.0. The van der Waals surface area contributed by atoms with Gasteiger partial charge in [-0.3, -0.25) is 0 Å². The fourth-order valence-corrected chi connectivity index (χ4v) is 3.04. The zero-order chi connectivity index (χ0) is 21.8. The highest BCUT2D eigenvalue weighted by molar-refractivity contribution is 5.70. The molecule has 0 spiro atoms. The monoisotopic (exact) mass is 395 g/mol. The molecule has 4 aromatic carbocycles. The normalized spacial score (nSPS) is 9.50. The Kier molecular flexibility index (Phi) is 9.40. The Morgan fingerprint density at radius 1 is 0.400 bits per heavy atom.